The maximum Gasteiger partial charge on any atom is 0.332 e. The van der Waals surface area contributed by atoms with E-state index >= 15 is 0 Å². The Labute approximate surface area is 172 Å². The van der Waals surface area contributed by atoms with Crippen molar-refractivity contribution >= 4 is 27.5 Å². The van der Waals surface area contributed by atoms with Crippen molar-refractivity contribution in [2.75, 3.05) is 39.5 Å². The van der Waals surface area contributed by atoms with Crippen molar-refractivity contribution in [1.29, 1.82) is 0 Å². The second-order valence-corrected chi connectivity index (χ2v) is 8.56. The van der Waals surface area contributed by atoms with Crippen molar-refractivity contribution in [3.63, 3.8) is 0 Å². The van der Waals surface area contributed by atoms with Gasteiger partial charge in [0.15, 0.2) is 0 Å². The van der Waals surface area contributed by atoms with E-state index in [1.54, 1.807) is 22.8 Å². The standard InChI is InChI=1S/C20H27N3O5S/c1-2-28-16(24)13-23-18(25)17-14-5-3-4-6-15(14)29-19(17)22(20(23)26)8-7-21-9-11-27-12-10-21/h2-13H2,1H3. The SMILES string of the molecule is CCOC(=O)Cn1c(=O)c2c3c(sc2n(CCN2CCOCC2)c1=O)CCCC3. The minimum atomic E-state index is -0.560. The van der Waals surface area contributed by atoms with Gasteiger partial charge in [-0.25, -0.2) is 9.36 Å². The van der Waals surface area contributed by atoms with E-state index in [0.717, 1.165) is 53.7 Å². The smallest absolute Gasteiger partial charge is 0.332 e. The second kappa shape index (κ2) is 8.81. The van der Waals surface area contributed by atoms with Gasteiger partial charge >= 0.3 is 11.7 Å². The fraction of sp³-hybridized carbons (Fsp3) is 0.650. The number of thiophene rings is 1. The summed E-state index contributed by atoms with van der Waals surface area (Å²) in [5, 5.41) is 0.621. The maximum atomic E-state index is 13.2. The average Bonchev–Trinajstić information content (AvgIpc) is 3.11. The van der Waals surface area contributed by atoms with E-state index in [2.05, 4.69) is 4.90 Å². The van der Waals surface area contributed by atoms with Crippen LogP contribution in [0, 0.1) is 0 Å². The molecular weight excluding hydrogens is 394 g/mol. The van der Waals surface area contributed by atoms with Gasteiger partial charge in [-0.05, 0) is 38.2 Å². The number of fused-ring (bicyclic) bond motifs is 3. The first-order valence-electron chi connectivity index (χ1n) is 10.3. The number of aromatic nitrogens is 2. The van der Waals surface area contributed by atoms with Gasteiger partial charge in [-0.3, -0.25) is 19.1 Å². The van der Waals surface area contributed by atoms with Gasteiger partial charge in [-0.2, -0.15) is 0 Å². The summed E-state index contributed by atoms with van der Waals surface area (Å²) in [5.74, 6) is -0.560. The highest BCUT2D eigenvalue weighted by atomic mass is 32.1. The molecular formula is C20H27N3O5S. The number of ether oxygens (including phenoxy) is 2. The van der Waals surface area contributed by atoms with E-state index in [9.17, 15) is 14.4 Å². The molecule has 1 fully saturated rings. The minimum absolute atomic E-state index is 0.217. The zero-order valence-electron chi connectivity index (χ0n) is 16.8. The molecule has 0 N–H and O–H groups in total. The van der Waals surface area contributed by atoms with Crippen LogP contribution >= 0.6 is 11.3 Å². The van der Waals surface area contributed by atoms with Crippen molar-refractivity contribution in [2.45, 2.75) is 45.7 Å². The number of morpholine rings is 1. The molecule has 9 heteroatoms. The van der Waals surface area contributed by atoms with Gasteiger partial charge in [0.05, 0.1) is 25.2 Å². The molecule has 0 spiro atoms. The van der Waals surface area contributed by atoms with Gasteiger partial charge in [0.2, 0.25) is 0 Å². The highest BCUT2D eigenvalue weighted by Gasteiger charge is 2.25. The van der Waals surface area contributed by atoms with Crippen LogP contribution in [0.1, 0.15) is 30.2 Å². The molecule has 29 heavy (non-hydrogen) atoms. The van der Waals surface area contributed by atoms with Crippen molar-refractivity contribution in [3.8, 4) is 0 Å². The van der Waals surface area contributed by atoms with E-state index in [0.29, 0.717) is 31.7 Å². The minimum Gasteiger partial charge on any atom is -0.465 e. The van der Waals surface area contributed by atoms with Crippen LogP contribution in [0.5, 0.6) is 0 Å². The molecule has 2 aromatic rings. The fourth-order valence-electron chi connectivity index (χ4n) is 4.16. The van der Waals surface area contributed by atoms with Crippen molar-refractivity contribution in [2.24, 2.45) is 0 Å². The topological polar surface area (TPSA) is 82.8 Å². The van der Waals surface area contributed by atoms with E-state index in [-0.39, 0.29) is 18.7 Å². The Hall–Kier alpha value is -1.97. The Morgan fingerprint density at radius 2 is 1.86 bits per heavy atom. The Morgan fingerprint density at radius 3 is 2.62 bits per heavy atom. The fourth-order valence-corrected chi connectivity index (χ4v) is 5.55. The number of nitrogens with zero attached hydrogens (tertiary/aromatic N) is 3. The van der Waals surface area contributed by atoms with Crippen molar-refractivity contribution in [3.05, 3.63) is 31.3 Å². The second-order valence-electron chi connectivity index (χ2n) is 7.48. The Bertz CT molecular complexity index is 1020. The first-order valence-corrected chi connectivity index (χ1v) is 11.2. The van der Waals surface area contributed by atoms with E-state index in [1.807, 2.05) is 0 Å². The van der Waals surface area contributed by atoms with Gasteiger partial charge in [0.25, 0.3) is 5.56 Å². The van der Waals surface area contributed by atoms with Gasteiger partial charge in [0.1, 0.15) is 11.4 Å². The molecule has 0 amide bonds. The maximum absolute atomic E-state index is 13.2. The third-order valence-corrected chi connectivity index (χ3v) is 6.97. The molecule has 0 atom stereocenters. The summed E-state index contributed by atoms with van der Waals surface area (Å²) in [7, 11) is 0. The molecule has 0 bridgehead atoms. The normalized spacial score (nSPS) is 17.4. The van der Waals surface area contributed by atoms with Gasteiger partial charge in [-0.1, -0.05) is 0 Å². The number of carbonyl (C=O) groups excluding carboxylic acids is 1. The van der Waals surface area contributed by atoms with Gasteiger partial charge in [-0.15, -0.1) is 11.3 Å². The lowest BCUT2D eigenvalue weighted by Gasteiger charge is -2.26. The molecule has 1 aliphatic heterocycles. The summed E-state index contributed by atoms with van der Waals surface area (Å²) in [6.45, 7) is 5.83. The number of hydrogen-bond acceptors (Lipinski definition) is 7. The van der Waals surface area contributed by atoms with Gasteiger partial charge < -0.3 is 9.47 Å². The lowest BCUT2D eigenvalue weighted by molar-refractivity contribution is -0.143. The van der Waals surface area contributed by atoms with Gasteiger partial charge in [0, 0.05) is 31.1 Å². The van der Waals surface area contributed by atoms with Crippen LogP contribution in [-0.4, -0.2) is 59.5 Å². The summed E-state index contributed by atoms with van der Waals surface area (Å²) >= 11 is 1.57. The van der Waals surface area contributed by atoms with Crippen molar-refractivity contribution in [1.82, 2.24) is 14.0 Å². The number of esters is 1. The molecule has 4 rings (SSSR count). The quantitative estimate of drug-likeness (QED) is 0.647. The van der Waals surface area contributed by atoms with Crippen LogP contribution in [0.3, 0.4) is 0 Å². The third-order valence-electron chi connectivity index (χ3n) is 5.65. The van der Waals surface area contributed by atoms with Crippen LogP contribution < -0.4 is 11.2 Å². The number of rotatable bonds is 6. The molecule has 3 heterocycles. The van der Waals surface area contributed by atoms with E-state index in [1.165, 1.54) is 4.88 Å². The molecule has 158 valence electrons. The number of carbonyl (C=O) groups is 1. The third kappa shape index (κ3) is 4.04. The van der Waals surface area contributed by atoms with Crippen LogP contribution in [0.2, 0.25) is 0 Å². The molecule has 0 aromatic carbocycles. The van der Waals surface area contributed by atoms with Crippen molar-refractivity contribution < 1.29 is 14.3 Å². The Balaban J connectivity index is 1.78. The van der Waals surface area contributed by atoms with E-state index in [4.69, 9.17) is 9.47 Å². The molecule has 0 radical (unpaired) electrons. The largest absolute Gasteiger partial charge is 0.465 e. The summed E-state index contributed by atoms with van der Waals surface area (Å²) in [6, 6.07) is 0. The average molecular weight is 422 g/mol. The summed E-state index contributed by atoms with van der Waals surface area (Å²) in [5.41, 5.74) is 0.279. The highest BCUT2D eigenvalue weighted by molar-refractivity contribution is 7.18. The first-order chi connectivity index (χ1) is 14.1. The highest BCUT2D eigenvalue weighted by Crippen LogP contribution is 2.34. The Kier molecular flexibility index (Phi) is 6.17. The number of aryl methyl sites for hydroxylation is 2. The lowest BCUT2D eigenvalue weighted by Crippen LogP contribution is -2.44. The summed E-state index contributed by atoms with van der Waals surface area (Å²) in [6.07, 6.45) is 3.95. The first kappa shape index (κ1) is 20.3. The van der Waals surface area contributed by atoms with Crippen LogP contribution in [0.4, 0.5) is 0 Å². The molecule has 8 nitrogen and oxygen atoms in total. The molecule has 1 saturated heterocycles. The van der Waals surface area contributed by atoms with Crippen LogP contribution in [0.15, 0.2) is 9.59 Å². The molecule has 1 aliphatic carbocycles. The molecule has 2 aliphatic rings. The molecule has 2 aromatic heterocycles. The predicted molar refractivity (Wildman–Crippen MR) is 111 cm³/mol. The molecule has 0 saturated carbocycles. The Morgan fingerprint density at radius 1 is 1.10 bits per heavy atom. The lowest BCUT2D eigenvalue weighted by atomic mass is 9.97. The van der Waals surface area contributed by atoms with Crippen LogP contribution in [0.25, 0.3) is 10.2 Å². The number of hydrogen-bond donors (Lipinski definition) is 0. The summed E-state index contributed by atoms with van der Waals surface area (Å²) in [4.78, 5) is 42.7. The van der Waals surface area contributed by atoms with E-state index < -0.39 is 11.7 Å². The predicted octanol–water partition coefficient (Wildman–Crippen LogP) is 0.999. The monoisotopic (exact) mass is 421 g/mol. The summed E-state index contributed by atoms with van der Waals surface area (Å²) < 4.78 is 13.1. The zero-order valence-corrected chi connectivity index (χ0v) is 17.6. The van der Waals surface area contributed by atoms with Crippen LogP contribution in [-0.2, 0) is 40.2 Å². The molecule has 0 unspecified atom stereocenters. The zero-order chi connectivity index (χ0) is 20.4.